The lowest BCUT2D eigenvalue weighted by molar-refractivity contribution is 0.611. The minimum atomic E-state index is 0.357. The average molecular weight is 427 g/mol. The summed E-state index contributed by atoms with van der Waals surface area (Å²) in [5.74, 6) is 2.14. The largest absolute Gasteiger partial charge is 0.344 e. The summed E-state index contributed by atoms with van der Waals surface area (Å²) in [6.07, 6.45) is 5.69. The molecule has 2 aromatic carbocycles. The standard InChI is InChI=1S/C26H30N6/c1-2-19-24(32-26(29-19)22-6-4-14-28-22)17-9-7-16(8-10-17)18-11-12-20-23(15-18)31-25(30-20)21-5-3-13-27-21/h7-12,15,21-22,27-28H,2-6,13-14H2,1H3,(H,29,32)(H,30,31)/t21-,22-/m0/s1. The molecule has 4 heterocycles. The molecule has 6 nitrogen and oxygen atoms in total. The van der Waals surface area contributed by atoms with Crippen LogP contribution in [-0.2, 0) is 6.42 Å². The Morgan fingerprint density at radius 2 is 1.44 bits per heavy atom. The van der Waals surface area contributed by atoms with Gasteiger partial charge in [0.2, 0.25) is 0 Å². The molecule has 0 unspecified atom stereocenters. The number of hydrogen-bond donors (Lipinski definition) is 4. The van der Waals surface area contributed by atoms with E-state index in [0.29, 0.717) is 12.1 Å². The zero-order valence-electron chi connectivity index (χ0n) is 18.5. The van der Waals surface area contributed by atoms with Crippen LogP contribution >= 0.6 is 0 Å². The molecule has 2 aliphatic heterocycles. The number of aryl methyl sites for hydroxylation is 1. The van der Waals surface area contributed by atoms with Gasteiger partial charge in [-0.3, -0.25) is 0 Å². The van der Waals surface area contributed by atoms with Crippen molar-refractivity contribution >= 4 is 11.0 Å². The number of imidazole rings is 2. The summed E-state index contributed by atoms with van der Waals surface area (Å²) in [6.45, 7) is 4.34. The third kappa shape index (κ3) is 3.53. The summed E-state index contributed by atoms with van der Waals surface area (Å²) in [7, 11) is 0. The van der Waals surface area contributed by atoms with Crippen LogP contribution < -0.4 is 10.6 Å². The van der Waals surface area contributed by atoms with Gasteiger partial charge < -0.3 is 20.6 Å². The molecule has 0 spiro atoms. The van der Waals surface area contributed by atoms with Gasteiger partial charge in [-0.15, -0.1) is 0 Å². The summed E-state index contributed by atoms with van der Waals surface area (Å²) in [5, 5.41) is 7.07. The van der Waals surface area contributed by atoms with Gasteiger partial charge in [-0.25, -0.2) is 9.97 Å². The molecule has 2 fully saturated rings. The molecule has 32 heavy (non-hydrogen) atoms. The summed E-state index contributed by atoms with van der Waals surface area (Å²) in [6, 6.07) is 16.0. The number of nitrogens with zero attached hydrogens (tertiary/aromatic N) is 2. The van der Waals surface area contributed by atoms with E-state index in [1.165, 1.54) is 35.2 Å². The van der Waals surface area contributed by atoms with Crippen molar-refractivity contribution < 1.29 is 0 Å². The zero-order valence-corrected chi connectivity index (χ0v) is 18.5. The maximum atomic E-state index is 4.98. The molecule has 4 N–H and O–H groups in total. The predicted molar refractivity (Wildman–Crippen MR) is 128 cm³/mol. The molecule has 0 bridgehead atoms. The van der Waals surface area contributed by atoms with Gasteiger partial charge >= 0.3 is 0 Å². The first-order valence-electron chi connectivity index (χ1n) is 11.9. The summed E-state index contributed by atoms with van der Waals surface area (Å²) < 4.78 is 0. The van der Waals surface area contributed by atoms with Crippen LogP contribution in [0.5, 0.6) is 0 Å². The Labute approximate surface area is 188 Å². The fourth-order valence-corrected chi connectivity index (χ4v) is 5.12. The number of nitrogens with one attached hydrogen (secondary N) is 4. The molecule has 0 saturated carbocycles. The highest BCUT2D eigenvalue weighted by atomic mass is 15.1. The van der Waals surface area contributed by atoms with Crippen molar-refractivity contribution in [3.63, 3.8) is 0 Å². The van der Waals surface area contributed by atoms with E-state index in [4.69, 9.17) is 9.97 Å². The topological polar surface area (TPSA) is 81.4 Å². The van der Waals surface area contributed by atoms with Crippen LogP contribution in [-0.4, -0.2) is 33.0 Å². The van der Waals surface area contributed by atoms with Gasteiger partial charge in [0.05, 0.1) is 28.8 Å². The normalized spacial score (nSPS) is 21.0. The van der Waals surface area contributed by atoms with Crippen LogP contribution in [0, 0.1) is 0 Å². The van der Waals surface area contributed by atoms with E-state index >= 15 is 0 Å². The van der Waals surface area contributed by atoms with Gasteiger partial charge in [-0.05, 0) is 68.5 Å². The second-order valence-corrected chi connectivity index (χ2v) is 9.03. The van der Waals surface area contributed by atoms with Crippen molar-refractivity contribution in [2.24, 2.45) is 0 Å². The average Bonchev–Trinajstić information content (AvgIpc) is 3.63. The molecule has 0 aliphatic carbocycles. The molecule has 6 rings (SSSR count). The highest BCUT2D eigenvalue weighted by Gasteiger charge is 2.22. The summed E-state index contributed by atoms with van der Waals surface area (Å²) in [5.41, 5.74) is 8.01. The first-order chi connectivity index (χ1) is 15.8. The molecule has 4 aromatic rings. The van der Waals surface area contributed by atoms with Gasteiger partial charge in [0, 0.05) is 11.3 Å². The summed E-state index contributed by atoms with van der Waals surface area (Å²) >= 11 is 0. The Morgan fingerprint density at radius 1 is 0.781 bits per heavy atom. The molecule has 2 aromatic heterocycles. The van der Waals surface area contributed by atoms with Crippen molar-refractivity contribution in [1.82, 2.24) is 30.6 Å². The maximum absolute atomic E-state index is 4.98. The molecular formula is C26H30N6. The minimum absolute atomic E-state index is 0.357. The quantitative estimate of drug-likeness (QED) is 0.361. The maximum Gasteiger partial charge on any atom is 0.124 e. The molecule has 2 aliphatic rings. The number of aromatic nitrogens is 4. The van der Waals surface area contributed by atoms with Gasteiger partial charge in [0.25, 0.3) is 0 Å². The molecule has 6 heteroatoms. The van der Waals surface area contributed by atoms with E-state index in [1.807, 2.05) is 0 Å². The van der Waals surface area contributed by atoms with E-state index in [1.54, 1.807) is 0 Å². The van der Waals surface area contributed by atoms with Crippen molar-refractivity contribution in [1.29, 1.82) is 0 Å². The van der Waals surface area contributed by atoms with Crippen LogP contribution in [0.4, 0.5) is 0 Å². The zero-order chi connectivity index (χ0) is 21.5. The van der Waals surface area contributed by atoms with E-state index < -0.39 is 0 Å². The minimum Gasteiger partial charge on any atom is -0.344 e. The number of benzene rings is 2. The van der Waals surface area contributed by atoms with Crippen LogP contribution in [0.25, 0.3) is 33.4 Å². The summed E-state index contributed by atoms with van der Waals surface area (Å²) in [4.78, 5) is 16.9. The van der Waals surface area contributed by atoms with E-state index in [0.717, 1.165) is 60.7 Å². The van der Waals surface area contributed by atoms with Crippen LogP contribution in [0.2, 0.25) is 0 Å². The van der Waals surface area contributed by atoms with Gasteiger partial charge in [0.15, 0.2) is 0 Å². The Hall–Kier alpha value is -2.96. The van der Waals surface area contributed by atoms with Crippen LogP contribution in [0.1, 0.15) is 62.0 Å². The van der Waals surface area contributed by atoms with Gasteiger partial charge in [-0.1, -0.05) is 37.3 Å². The SMILES string of the molecule is CCc1[nH]c([C@@H]2CCCN2)nc1-c1ccc(-c2ccc3nc([C@@H]4CCCN4)[nH]c3c2)cc1. The van der Waals surface area contributed by atoms with Crippen molar-refractivity contribution in [3.05, 3.63) is 59.8 Å². The molecule has 2 atom stereocenters. The highest BCUT2D eigenvalue weighted by Crippen LogP contribution is 2.31. The predicted octanol–water partition coefficient (Wildman–Crippen LogP) is 5.03. The molecule has 2 saturated heterocycles. The second-order valence-electron chi connectivity index (χ2n) is 9.03. The van der Waals surface area contributed by atoms with E-state index in [9.17, 15) is 0 Å². The lowest BCUT2D eigenvalue weighted by atomic mass is 10.0. The first kappa shape index (κ1) is 19.7. The number of fused-ring (bicyclic) bond motifs is 1. The van der Waals surface area contributed by atoms with E-state index in [2.05, 4.69) is 70.0 Å². The Bertz CT molecular complexity index is 1220. The Morgan fingerprint density at radius 3 is 2.09 bits per heavy atom. The Kier molecular flexibility index (Phi) is 5.04. The highest BCUT2D eigenvalue weighted by molar-refractivity contribution is 5.82. The lowest BCUT2D eigenvalue weighted by Gasteiger charge is -2.05. The third-order valence-corrected chi connectivity index (χ3v) is 6.92. The number of rotatable bonds is 5. The molecule has 164 valence electrons. The molecule has 0 amide bonds. The fourth-order valence-electron chi connectivity index (χ4n) is 5.12. The lowest BCUT2D eigenvalue weighted by Crippen LogP contribution is -2.14. The van der Waals surface area contributed by atoms with Crippen molar-refractivity contribution in [2.75, 3.05) is 13.1 Å². The van der Waals surface area contributed by atoms with Gasteiger partial charge in [-0.2, -0.15) is 0 Å². The second kappa shape index (κ2) is 8.19. The van der Waals surface area contributed by atoms with Crippen LogP contribution in [0.15, 0.2) is 42.5 Å². The van der Waals surface area contributed by atoms with Crippen molar-refractivity contribution in [2.45, 2.75) is 51.1 Å². The fraction of sp³-hybridized carbons (Fsp3) is 0.385. The Balaban J connectivity index is 1.28. The number of aromatic amines is 2. The smallest absolute Gasteiger partial charge is 0.124 e. The number of H-pyrrole nitrogens is 2. The van der Waals surface area contributed by atoms with E-state index in [-0.39, 0.29) is 0 Å². The van der Waals surface area contributed by atoms with Crippen molar-refractivity contribution in [3.8, 4) is 22.4 Å². The third-order valence-electron chi connectivity index (χ3n) is 6.92. The number of hydrogen-bond acceptors (Lipinski definition) is 4. The molecular weight excluding hydrogens is 396 g/mol. The first-order valence-corrected chi connectivity index (χ1v) is 11.9. The monoisotopic (exact) mass is 426 g/mol. The van der Waals surface area contributed by atoms with Crippen LogP contribution in [0.3, 0.4) is 0 Å². The van der Waals surface area contributed by atoms with Gasteiger partial charge in [0.1, 0.15) is 11.6 Å². The molecule has 0 radical (unpaired) electrons.